The maximum absolute atomic E-state index is 6.31. The van der Waals surface area contributed by atoms with Crippen molar-refractivity contribution in [3.05, 3.63) is 28.8 Å². The molecule has 1 aromatic carbocycles. The monoisotopic (exact) mass is 281 g/mol. The number of halogens is 1. The van der Waals surface area contributed by atoms with Gasteiger partial charge in [-0.3, -0.25) is 0 Å². The molecule has 1 aliphatic heterocycles. The molecule has 0 aromatic heterocycles. The molecule has 0 bridgehead atoms. The van der Waals surface area contributed by atoms with E-state index in [1.807, 2.05) is 18.2 Å². The summed E-state index contributed by atoms with van der Waals surface area (Å²) in [4.78, 5) is 0. The predicted octanol–water partition coefficient (Wildman–Crippen LogP) is 3.15. The highest BCUT2D eigenvalue weighted by Gasteiger charge is 2.22. The number of hydrogen-bond donors (Lipinski definition) is 1. The Bertz CT molecular complexity index is 428. The summed E-state index contributed by atoms with van der Waals surface area (Å²) in [5.74, 6) is 0.924. The molecular formula is C15H20ClNO2. The van der Waals surface area contributed by atoms with Gasteiger partial charge in [0.15, 0.2) is 0 Å². The Kier molecular flexibility index (Phi) is 4.26. The van der Waals surface area contributed by atoms with Crippen LogP contribution in [-0.4, -0.2) is 25.4 Å². The minimum absolute atomic E-state index is 0.256. The first-order chi connectivity index (χ1) is 9.33. The second kappa shape index (κ2) is 6.12. The topological polar surface area (TPSA) is 30.5 Å². The molecule has 2 fully saturated rings. The Balaban J connectivity index is 1.68. The van der Waals surface area contributed by atoms with Crippen molar-refractivity contribution < 1.29 is 9.47 Å². The van der Waals surface area contributed by atoms with E-state index in [9.17, 15) is 0 Å². The van der Waals surface area contributed by atoms with Gasteiger partial charge in [0, 0.05) is 36.0 Å². The number of hydrogen-bond acceptors (Lipinski definition) is 3. The van der Waals surface area contributed by atoms with Gasteiger partial charge in [-0.15, -0.1) is 0 Å². The van der Waals surface area contributed by atoms with Crippen LogP contribution in [0.3, 0.4) is 0 Å². The van der Waals surface area contributed by atoms with Crippen LogP contribution in [0, 0.1) is 0 Å². The third kappa shape index (κ3) is 3.62. The van der Waals surface area contributed by atoms with Crippen molar-refractivity contribution in [3.63, 3.8) is 0 Å². The summed E-state index contributed by atoms with van der Waals surface area (Å²) in [6.07, 6.45) is 4.73. The number of ether oxygens (including phenoxy) is 2. The van der Waals surface area contributed by atoms with Crippen molar-refractivity contribution in [1.29, 1.82) is 0 Å². The molecule has 1 saturated carbocycles. The molecular weight excluding hydrogens is 262 g/mol. The fourth-order valence-electron chi connectivity index (χ4n) is 2.33. The minimum Gasteiger partial charge on any atom is -0.490 e. The molecule has 1 heterocycles. The molecule has 3 rings (SSSR count). The number of benzene rings is 1. The molecule has 19 heavy (non-hydrogen) atoms. The van der Waals surface area contributed by atoms with E-state index in [2.05, 4.69) is 5.32 Å². The van der Waals surface area contributed by atoms with Gasteiger partial charge in [-0.1, -0.05) is 17.7 Å². The second-order valence-corrected chi connectivity index (χ2v) is 5.71. The zero-order valence-electron chi connectivity index (χ0n) is 11.0. The standard InChI is InChI=1S/C15H20ClNO2/c16-14-2-1-3-15(13(14)10-17-11-4-5-11)19-12-6-8-18-9-7-12/h1-3,11-12,17H,4-10H2. The highest BCUT2D eigenvalue weighted by atomic mass is 35.5. The Morgan fingerprint density at radius 2 is 2.00 bits per heavy atom. The van der Waals surface area contributed by atoms with Crippen molar-refractivity contribution in [2.24, 2.45) is 0 Å². The lowest BCUT2D eigenvalue weighted by molar-refractivity contribution is 0.0251. The molecule has 4 heteroatoms. The fraction of sp³-hybridized carbons (Fsp3) is 0.600. The van der Waals surface area contributed by atoms with Gasteiger partial charge in [-0.25, -0.2) is 0 Å². The van der Waals surface area contributed by atoms with E-state index in [4.69, 9.17) is 21.1 Å². The van der Waals surface area contributed by atoms with E-state index >= 15 is 0 Å². The summed E-state index contributed by atoms with van der Waals surface area (Å²) in [5.41, 5.74) is 1.09. The lowest BCUT2D eigenvalue weighted by Crippen LogP contribution is -2.26. The number of rotatable bonds is 5. The van der Waals surface area contributed by atoms with Crippen LogP contribution in [0.5, 0.6) is 5.75 Å². The van der Waals surface area contributed by atoms with Crippen LogP contribution in [-0.2, 0) is 11.3 Å². The van der Waals surface area contributed by atoms with Crippen LogP contribution in [0.15, 0.2) is 18.2 Å². The normalized spacial score (nSPS) is 20.5. The lowest BCUT2D eigenvalue weighted by atomic mass is 10.1. The molecule has 2 aliphatic rings. The van der Waals surface area contributed by atoms with Crippen molar-refractivity contribution >= 4 is 11.6 Å². The SMILES string of the molecule is Clc1cccc(OC2CCOCC2)c1CNC1CC1. The number of nitrogens with one attached hydrogen (secondary N) is 1. The van der Waals surface area contributed by atoms with E-state index in [1.54, 1.807) is 0 Å². The molecule has 0 atom stereocenters. The van der Waals surface area contributed by atoms with Gasteiger partial charge in [0.05, 0.1) is 13.2 Å². The van der Waals surface area contributed by atoms with Crippen LogP contribution in [0.25, 0.3) is 0 Å². The third-order valence-corrected chi connectivity index (χ3v) is 4.04. The van der Waals surface area contributed by atoms with Crippen LogP contribution in [0.4, 0.5) is 0 Å². The van der Waals surface area contributed by atoms with Gasteiger partial charge < -0.3 is 14.8 Å². The smallest absolute Gasteiger partial charge is 0.125 e. The average Bonchev–Trinajstić information content (AvgIpc) is 3.23. The molecule has 1 aliphatic carbocycles. The van der Waals surface area contributed by atoms with Crippen LogP contribution in [0.1, 0.15) is 31.2 Å². The lowest BCUT2D eigenvalue weighted by Gasteiger charge is -2.25. The first-order valence-electron chi connectivity index (χ1n) is 7.08. The molecule has 1 aromatic rings. The van der Waals surface area contributed by atoms with E-state index in [0.29, 0.717) is 6.04 Å². The van der Waals surface area contributed by atoms with Crippen LogP contribution >= 0.6 is 11.6 Å². The molecule has 1 N–H and O–H groups in total. The fourth-order valence-corrected chi connectivity index (χ4v) is 2.56. The molecule has 0 unspecified atom stereocenters. The van der Waals surface area contributed by atoms with Gasteiger partial charge in [-0.2, -0.15) is 0 Å². The molecule has 0 radical (unpaired) electrons. The summed E-state index contributed by atoms with van der Waals surface area (Å²) in [6, 6.07) is 6.58. The molecule has 1 saturated heterocycles. The maximum atomic E-state index is 6.31. The second-order valence-electron chi connectivity index (χ2n) is 5.30. The Labute approximate surface area is 119 Å². The highest BCUT2D eigenvalue weighted by molar-refractivity contribution is 6.31. The first kappa shape index (κ1) is 13.2. The quantitative estimate of drug-likeness (QED) is 0.899. The Morgan fingerprint density at radius 3 is 2.74 bits per heavy atom. The van der Waals surface area contributed by atoms with Gasteiger partial charge in [0.25, 0.3) is 0 Å². The predicted molar refractivity (Wildman–Crippen MR) is 75.8 cm³/mol. The summed E-state index contributed by atoms with van der Waals surface area (Å²) in [6.45, 7) is 2.38. The van der Waals surface area contributed by atoms with Gasteiger partial charge >= 0.3 is 0 Å². The van der Waals surface area contributed by atoms with E-state index < -0.39 is 0 Å². The Hall–Kier alpha value is -0.770. The van der Waals surface area contributed by atoms with Crippen LogP contribution in [0.2, 0.25) is 5.02 Å². The maximum Gasteiger partial charge on any atom is 0.125 e. The summed E-state index contributed by atoms with van der Waals surface area (Å²) >= 11 is 6.31. The van der Waals surface area contributed by atoms with Crippen LogP contribution < -0.4 is 10.1 Å². The minimum atomic E-state index is 0.256. The molecule has 0 amide bonds. The van der Waals surface area contributed by atoms with Crippen molar-refractivity contribution in [1.82, 2.24) is 5.32 Å². The molecule has 0 spiro atoms. The third-order valence-electron chi connectivity index (χ3n) is 3.68. The van der Waals surface area contributed by atoms with Gasteiger partial charge in [0.2, 0.25) is 0 Å². The highest BCUT2D eigenvalue weighted by Crippen LogP contribution is 2.30. The van der Waals surface area contributed by atoms with Crippen molar-refractivity contribution in [2.75, 3.05) is 13.2 Å². The zero-order valence-corrected chi connectivity index (χ0v) is 11.8. The van der Waals surface area contributed by atoms with Gasteiger partial charge in [-0.05, 0) is 25.0 Å². The van der Waals surface area contributed by atoms with Gasteiger partial charge in [0.1, 0.15) is 11.9 Å². The Morgan fingerprint density at radius 1 is 1.21 bits per heavy atom. The van der Waals surface area contributed by atoms with Crippen molar-refractivity contribution in [2.45, 2.75) is 44.4 Å². The molecule has 3 nitrogen and oxygen atoms in total. The first-order valence-corrected chi connectivity index (χ1v) is 7.46. The summed E-state index contributed by atoms with van der Waals surface area (Å²) in [7, 11) is 0. The zero-order chi connectivity index (χ0) is 13.1. The average molecular weight is 282 g/mol. The molecule has 104 valence electrons. The van der Waals surface area contributed by atoms with Crippen molar-refractivity contribution in [3.8, 4) is 5.75 Å². The van der Waals surface area contributed by atoms with E-state index in [-0.39, 0.29) is 6.10 Å². The summed E-state index contributed by atoms with van der Waals surface area (Å²) in [5, 5.41) is 4.29. The van der Waals surface area contributed by atoms with E-state index in [1.165, 1.54) is 12.8 Å². The summed E-state index contributed by atoms with van der Waals surface area (Å²) < 4.78 is 11.5. The van der Waals surface area contributed by atoms with E-state index in [0.717, 1.165) is 48.9 Å². The largest absolute Gasteiger partial charge is 0.490 e.